The molecule has 1 aromatic carbocycles. The summed E-state index contributed by atoms with van der Waals surface area (Å²) >= 11 is 0. The maximum Gasteiger partial charge on any atom is 0.246 e. The molecule has 126 valence electrons. The van der Waals surface area contributed by atoms with Crippen molar-refractivity contribution < 1.29 is 4.79 Å². The molecule has 0 radical (unpaired) electrons. The highest BCUT2D eigenvalue weighted by Gasteiger charge is 2.23. The first-order chi connectivity index (χ1) is 10.3. The number of nitrogens with zero attached hydrogens (tertiary/aromatic N) is 2. The molecule has 2 rings (SSSR count). The normalized spacial score (nSPS) is 12.4. The van der Waals surface area contributed by atoms with Gasteiger partial charge in [-0.1, -0.05) is 39.0 Å². The average molecular weight is 337 g/mol. The van der Waals surface area contributed by atoms with Crippen molar-refractivity contribution in [2.24, 2.45) is 7.05 Å². The zero-order valence-corrected chi connectivity index (χ0v) is 15.1. The van der Waals surface area contributed by atoms with Gasteiger partial charge in [-0.2, -0.15) is 5.10 Å². The summed E-state index contributed by atoms with van der Waals surface area (Å²) in [7, 11) is 3.61. The SMILES string of the molecule is CNC(C(=O)Nc1ccccc1C(C)(C)C)c1cnn(C)c1.Cl. The fourth-order valence-corrected chi connectivity index (χ4v) is 2.49. The molecule has 2 aromatic rings. The monoisotopic (exact) mass is 336 g/mol. The number of rotatable bonds is 4. The van der Waals surface area contributed by atoms with Crippen LogP contribution in [0.5, 0.6) is 0 Å². The number of carbonyl (C=O) groups excluding carboxylic acids is 1. The topological polar surface area (TPSA) is 59.0 Å². The van der Waals surface area contributed by atoms with E-state index in [9.17, 15) is 4.79 Å². The number of para-hydroxylation sites is 1. The lowest BCUT2D eigenvalue weighted by molar-refractivity contribution is -0.118. The van der Waals surface area contributed by atoms with Crippen LogP contribution in [0, 0.1) is 0 Å². The molecular formula is C17H25ClN4O. The molecule has 5 nitrogen and oxygen atoms in total. The highest BCUT2D eigenvalue weighted by atomic mass is 35.5. The molecule has 0 spiro atoms. The van der Waals surface area contributed by atoms with Crippen LogP contribution < -0.4 is 10.6 Å². The van der Waals surface area contributed by atoms with Gasteiger partial charge in [0.25, 0.3) is 0 Å². The third-order valence-electron chi connectivity index (χ3n) is 3.60. The van der Waals surface area contributed by atoms with Crippen LogP contribution in [0.3, 0.4) is 0 Å². The molecular weight excluding hydrogens is 312 g/mol. The van der Waals surface area contributed by atoms with E-state index in [1.165, 1.54) is 0 Å². The summed E-state index contributed by atoms with van der Waals surface area (Å²) in [5.41, 5.74) is 2.78. The number of halogens is 1. The summed E-state index contributed by atoms with van der Waals surface area (Å²) in [6.45, 7) is 6.40. The van der Waals surface area contributed by atoms with E-state index in [-0.39, 0.29) is 23.7 Å². The molecule has 1 unspecified atom stereocenters. The molecule has 1 heterocycles. The van der Waals surface area contributed by atoms with Crippen molar-refractivity contribution in [2.45, 2.75) is 32.2 Å². The van der Waals surface area contributed by atoms with Gasteiger partial charge in [0.1, 0.15) is 6.04 Å². The van der Waals surface area contributed by atoms with Gasteiger partial charge < -0.3 is 10.6 Å². The Hall–Kier alpha value is -1.85. The fraction of sp³-hybridized carbons (Fsp3) is 0.412. The number of aryl methyl sites for hydroxylation is 1. The van der Waals surface area contributed by atoms with E-state index < -0.39 is 6.04 Å². The van der Waals surface area contributed by atoms with E-state index >= 15 is 0 Å². The first kappa shape index (κ1) is 19.2. The van der Waals surface area contributed by atoms with Gasteiger partial charge in [-0.3, -0.25) is 9.48 Å². The second-order valence-electron chi connectivity index (χ2n) is 6.45. The Morgan fingerprint density at radius 3 is 2.43 bits per heavy atom. The highest BCUT2D eigenvalue weighted by Crippen LogP contribution is 2.29. The molecule has 1 atom stereocenters. The number of aromatic nitrogens is 2. The first-order valence-corrected chi connectivity index (χ1v) is 7.39. The van der Waals surface area contributed by atoms with Gasteiger partial charge in [0.05, 0.1) is 6.20 Å². The Kier molecular flexibility index (Phi) is 6.36. The molecule has 23 heavy (non-hydrogen) atoms. The van der Waals surface area contributed by atoms with E-state index in [4.69, 9.17) is 0 Å². The molecule has 0 saturated heterocycles. The van der Waals surface area contributed by atoms with Crippen LogP contribution >= 0.6 is 12.4 Å². The van der Waals surface area contributed by atoms with E-state index in [2.05, 4.69) is 36.5 Å². The molecule has 0 aliphatic heterocycles. The number of anilines is 1. The van der Waals surface area contributed by atoms with E-state index in [0.717, 1.165) is 16.8 Å². The van der Waals surface area contributed by atoms with Crippen molar-refractivity contribution in [3.8, 4) is 0 Å². The summed E-state index contributed by atoms with van der Waals surface area (Å²) < 4.78 is 1.69. The van der Waals surface area contributed by atoms with Crippen molar-refractivity contribution in [3.05, 3.63) is 47.8 Å². The summed E-state index contributed by atoms with van der Waals surface area (Å²) in [4.78, 5) is 12.6. The van der Waals surface area contributed by atoms with Gasteiger partial charge >= 0.3 is 0 Å². The third-order valence-corrected chi connectivity index (χ3v) is 3.60. The Bertz CT molecular complexity index is 661. The van der Waals surface area contributed by atoms with E-state index in [1.54, 1.807) is 17.9 Å². The van der Waals surface area contributed by atoms with Gasteiger partial charge in [0.15, 0.2) is 0 Å². The molecule has 2 N–H and O–H groups in total. The number of likely N-dealkylation sites (N-methyl/N-ethyl adjacent to an activating group) is 1. The predicted octanol–water partition coefficient (Wildman–Crippen LogP) is 3.04. The first-order valence-electron chi connectivity index (χ1n) is 7.39. The summed E-state index contributed by atoms with van der Waals surface area (Å²) in [5.74, 6) is -0.0906. The van der Waals surface area contributed by atoms with Crippen molar-refractivity contribution in [2.75, 3.05) is 12.4 Å². The van der Waals surface area contributed by atoms with Crippen LogP contribution in [0.1, 0.15) is 37.9 Å². The molecule has 0 saturated carbocycles. The number of hydrogen-bond acceptors (Lipinski definition) is 3. The van der Waals surface area contributed by atoms with Crippen LogP contribution in [0.4, 0.5) is 5.69 Å². The second-order valence-corrected chi connectivity index (χ2v) is 6.45. The fourth-order valence-electron chi connectivity index (χ4n) is 2.49. The molecule has 6 heteroatoms. The zero-order valence-electron chi connectivity index (χ0n) is 14.3. The smallest absolute Gasteiger partial charge is 0.246 e. The Morgan fingerprint density at radius 1 is 1.26 bits per heavy atom. The molecule has 1 amide bonds. The number of benzene rings is 1. The van der Waals surface area contributed by atoms with E-state index in [0.29, 0.717) is 0 Å². The minimum atomic E-state index is -0.429. The maximum absolute atomic E-state index is 12.6. The number of nitrogens with one attached hydrogen (secondary N) is 2. The van der Waals surface area contributed by atoms with Crippen molar-refractivity contribution in [1.29, 1.82) is 0 Å². The number of carbonyl (C=O) groups is 1. The number of hydrogen-bond donors (Lipinski definition) is 2. The average Bonchev–Trinajstić information content (AvgIpc) is 2.85. The summed E-state index contributed by atoms with van der Waals surface area (Å²) in [5, 5.41) is 10.2. The molecule has 0 fully saturated rings. The molecule has 1 aromatic heterocycles. The van der Waals surface area contributed by atoms with Crippen LogP contribution in [-0.2, 0) is 17.3 Å². The van der Waals surface area contributed by atoms with E-state index in [1.807, 2.05) is 37.5 Å². The van der Waals surface area contributed by atoms with Crippen molar-refractivity contribution >= 4 is 24.0 Å². The lowest BCUT2D eigenvalue weighted by atomic mass is 9.86. The lowest BCUT2D eigenvalue weighted by Gasteiger charge is -2.24. The van der Waals surface area contributed by atoms with Crippen molar-refractivity contribution in [1.82, 2.24) is 15.1 Å². The Balaban J connectivity index is 0.00000264. The van der Waals surface area contributed by atoms with Crippen LogP contribution in [0.25, 0.3) is 0 Å². The highest BCUT2D eigenvalue weighted by molar-refractivity contribution is 5.96. The van der Waals surface area contributed by atoms with Crippen molar-refractivity contribution in [3.63, 3.8) is 0 Å². The van der Waals surface area contributed by atoms with Crippen LogP contribution in [-0.4, -0.2) is 22.7 Å². The van der Waals surface area contributed by atoms with Gasteiger partial charge in [-0.05, 0) is 24.1 Å². The largest absolute Gasteiger partial charge is 0.324 e. The molecule has 0 aliphatic rings. The quantitative estimate of drug-likeness (QED) is 0.902. The Morgan fingerprint density at radius 2 is 1.91 bits per heavy atom. The predicted molar refractivity (Wildman–Crippen MR) is 96.0 cm³/mol. The van der Waals surface area contributed by atoms with Crippen LogP contribution in [0.2, 0.25) is 0 Å². The third kappa shape index (κ3) is 4.56. The molecule has 0 aliphatic carbocycles. The minimum absolute atomic E-state index is 0. The van der Waals surface area contributed by atoms with Gasteiger partial charge in [-0.15, -0.1) is 12.4 Å². The summed E-state index contributed by atoms with van der Waals surface area (Å²) in [6.07, 6.45) is 3.55. The van der Waals surface area contributed by atoms with Gasteiger partial charge in [0.2, 0.25) is 5.91 Å². The van der Waals surface area contributed by atoms with Crippen LogP contribution in [0.15, 0.2) is 36.7 Å². The van der Waals surface area contributed by atoms with Gasteiger partial charge in [-0.25, -0.2) is 0 Å². The molecule has 0 bridgehead atoms. The Labute approximate surface area is 143 Å². The summed E-state index contributed by atoms with van der Waals surface area (Å²) in [6, 6.07) is 7.49. The number of amides is 1. The standard InChI is InChI=1S/C17H24N4O.ClH/c1-17(2,3)13-8-6-7-9-14(13)20-16(22)15(18-4)12-10-19-21(5)11-12;/h6-11,15,18H,1-5H3,(H,20,22);1H. The maximum atomic E-state index is 12.6. The zero-order chi connectivity index (χ0) is 16.3. The lowest BCUT2D eigenvalue weighted by Crippen LogP contribution is -2.31. The second kappa shape index (κ2) is 7.62. The van der Waals surface area contributed by atoms with Gasteiger partial charge in [0, 0.05) is 24.5 Å². The minimum Gasteiger partial charge on any atom is -0.324 e.